The lowest BCUT2D eigenvalue weighted by molar-refractivity contribution is -0.137. The molecule has 1 fully saturated rings. The van der Waals surface area contributed by atoms with Crippen molar-refractivity contribution in [1.82, 2.24) is 9.88 Å². The largest absolute Gasteiger partial charge is 0.490 e. The zero-order chi connectivity index (χ0) is 25.9. The number of hydrogen-bond donors (Lipinski definition) is 0. The molecule has 0 aliphatic carbocycles. The normalized spacial score (nSPS) is 14.5. The van der Waals surface area contributed by atoms with Crippen LogP contribution in [0.15, 0.2) is 60.9 Å². The molecule has 0 bridgehead atoms. The van der Waals surface area contributed by atoms with E-state index < -0.39 is 17.5 Å². The van der Waals surface area contributed by atoms with Crippen LogP contribution in [0, 0.1) is 13.8 Å². The summed E-state index contributed by atoms with van der Waals surface area (Å²) in [7, 11) is 0. The maximum atomic E-state index is 13.0. The number of likely N-dealkylation sites (tertiary alicyclic amines) is 1. The van der Waals surface area contributed by atoms with E-state index in [4.69, 9.17) is 4.74 Å². The second-order valence-corrected chi connectivity index (χ2v) is 9.14. The number of amides is 1. The van der Waals surface area contributed by atoms with E-state index in [0.29, 0.717) is 42.8 Å². The molecule has 4 rings (SSSR count). The van der Waals surface area contributed by atoms with Gasteiger partial charge in [0.25, 0.3) is 5.91 Å². The van der Waals surface area contributed by atoms with Crippen molar-refractivity contribution in [2.24, 2.45) is 0 Å². The van der Waals surface area contributed by atoms with Gasteiger partial charge in [-0.1, -0.05) is 24.3 Å². The van der Waals surface area contributed by atoms with Crippen LogP contribution >= 0.6 is 0 Å². The third kappa shape index (κ3) is 6.11. The van der Waals surface area contributed by atoms with E-state index in [0.717, 1.165) is 23.3 Å². The van der Waals surface area contributed by atoms with Gasteiger partial charge in [-0.25, -0.2) is 0 Å². The molecule has 1 aliphatic rings. The van der Waals surface area contributed by atoms with Gasteiger partial charge in [-0.05, 0) is 54.8 Å². The Morgan fingerprint density at radius 1 is 1.00 bits per heavy atom. The van der Waals surface area contributed by atoms with Gasteiger partial charge in [-0.15, -0.1) is 0 Å². The van der Waals surface area contributed by atoms with Crippen LogP contribution in [0.25, 0.3) is 0 Å². The zero-order valence-electron chi connectivity index (χ0n) is 20.1. The topological polar surface area (TPSA) is 59.5 Å². The van der Waals surface area contributed by atoms with E-state index in [2.05, 4.69) is 4.98 Å². The predicted molar refractivity (Wildman–Crippen MR) is 129 cm³/mol. The number of ether oxygens (including phenoxy) is 1. The molecule has 5 nitrogen and oxygen atoms in total. The van der Waals surface area contributed by atoms with E-state index in [1.54, 1.807) is 29.4 Å². The van der Waals surface area contributed by atoms with Crippen LogP contribution in [-0.2, 0) is 12.6 Å². The molecule has 1 amide bonds. The van der Waals surface area contributed by atoms with Crippen LogP contribution < -0.4 is 4.74 Å². The SMILES string of the molecule is Cc1cncc(C(=O)N2CCC(Oc3cc(CC(=O)c4cccc(C(F)(F)F)c4)ccc3C)CC2)c1. The minimum atomic E-state index is -4.50. The summed E-state index contributed by atoms with van der Waals surface area (Å²) >= 11 is 0. The van der Waals surface area contributed by atoms with Crippen molar-refractivity contribution in [3.63, 3.8) is 0 Å². The highest BCUT2D eigenvalue weighted by atomic mass is 19.4. The fourth-order valence-corrected chi connectivity index (χ4v) is 4.25. The number of carbonyl (C=O) groups excluding carboxylic acids is 2. The minimum absolute atomic E-state index is 0.0220. The first kappa shape index (κ1) is 25.4. The van der Waals surface area contributed by atoms with Crippen molar-refractivity contribution in [2.45, 2.75) is 45.4 Å². The Kier molecular flexibility index (Phi) is 7.43. The predicted octanol–water partition coefficient (Wildman–Crippen LogP) is 5.83. The lowest BCUT2D eigenvalue weighted by atomic mass is 10.00. The Labute approximate surface area is 207 Å². The van der Waals surface area contributed by atoms with Gasteiger partial charge < -0.3 is 9.64 Å². The van der Waals surface area contributed by atoms with Crippen LogP contribution in [0.5, 0.6) is 5.75 Å². The van der Waals surface area contributed by atoms with Crippen molar-refractivity contribution in [3.05, 3.63) is 94.3 Å². The van der Waals surface area contributed by atoms with Crippen LogP contribution in [0.2, 0.25) is 0 Å². The monoisotopic (exact) mass is 496 g/mol. The number of rotatable bonds is 6. The summed E-state index contributed by atoms with van der Waals surface area (Å²) in [6, 6.07) is 11.7. The number of carbonyl (C=O) groups is 2. The molecule has 2 aromatic carbocycles. The molecule has 36 heavy (non-hydrogen) atoms. The molecular formula is C28H27F3N2O3. The van der Waals surface area contributed by atoms with E-state index >= 15 is 0 Å². The first-order chi connectivity index (χ1) is 17.1. The van der Waals surface area contributed by atoms with Gasteiger partial charge in [0.1, 0.15) is 11.9 Å². The molecule has 0 atom stereocenters. The number of piperidine rings is 1. The number of ketones is 1. The van der Waals surface area contributed by atoms with Crippen LogP contribution in [-0.4, -0.2) is 40.8 Å². The van der Waals surface area contributed by atoms with Crippen LogP contribution in [0.4, 0.5) is 13.2 Å². The van der Waals surface area contributed by atoms with Crippen LogP contribution in [0.3, 0.4) is 0 Å². The summed E-state index contributed by atoms with van der Waals surface area (Å²) in [4.78, 5) is 31.3. The smallest absolute Gasteiger partial charge is 0.416 e. The molecule has 3 aromatic rings. The van der Waals surface area contributed by atoms with Gasteiger partial charge in [-0.2, -0.15) is 13.2 Å². The van der Waals surface area contributed by atoms with Gasteiger partial charge in [0.2, 0.25) is 0 Å². The second-order valence-electron chi connectivity index (χ2n) is 9.14. The molecule has 1 aliphatic heterocycles. The van der Waals surface area contributed by atoms with E-state index in [1.165, 1.54) is 12.1 Å². The maximum absolute atomic E-state index is 13.0. The average Bonchev–Trinajstić information content (AvgIpc) is 2.85. The summed E-state index contributed by atoms with van der Waals surface area (Å²) in [6.45, 7) is 4.92. The fraction of sp³-hybridized carbons (Fsp3) is 0.321. The van der Waals surface area contributed by atoms with Crippen LogP contribution in [0.1, 0.15) is 55.8 Å². The lowest BCUT2D eigenvalue weighted by Gasteiger charge is -2.32. The highest BCUT2D eigenvalue weighted by Gasteiger charge is 2.31. The van der Waals surface area contributed by atoms with Gasteiger partial charge in [0.05, 0.1) is 11.1 Å². The number of nitrogens with zero attached hydrogens (tertiary/aromatic N) is 2. The highest BCUT2D eigenvalue weighted by Crippen LogP contribution is 2.30. The number of alkyl halides is 3. The summed E-state index contributed by atoms with van der Waals surface area (Å²) in [6.07, 6.45) is -0.00474. The van der Waals surface area contributed by atoms with E-state index in [-0.39, 0.29) is 24.0 Å². The summed E-state index contributed by atoms with van der Waals surface area (Å²) in [5.74, 6) is 0.196. The Morgan fingerprint density at radius 2 is 1.75 bits per heavy atom. The molecule has 8 heteroatoms. The fourth-order valence-electron chi connectivity index (χ4n) is 4.25. The summed E-state index contributed by atoms with van der Waals surface area (Å²) < 4.78 is 45.2. The number of pyridine rings is 1. The number of aryl methyl sites for hydroxylation is 2. The third-order valence-corrected chi connectivity index (χ3v) is 6.27. The Balaban J connectivity index is 1.38. The molecule has 1 saturated heterocycles. The van der Waals surface area contributed by atoms with Gasteiger partial charge in [-0.3, -0.25) is 14.6 Å². The minimum Gasteiger partial charge on any atom is -0.490 e. The molecule has 0 saturated carbocycles. The first-order valence-electron chi connectivity index (χ1n) is 11.8. The number of Topliss-reactive ketones (excluding diaryl/α,β-unsaturated/α-hetero) is 1. The molecule has 1 aromatic heterocycles. The molecule has 0 spiro atoms. The zero-order valence-corrected chi connectivity index (χ0v) is 20.1. The quantitative estimate of drug-likeness (QED) is 0.403. The molecule has 2 heterocycles. The summed E-state index contributed by atoms with van der Waals surface area (Å²) in [5.41, 5.74) is 2.25. The van der Waals surface area contributed by atoms with Crippen molar-refractivity contribution < 1.29 is 27.5 Å². The van der Waals surface area contributed by atoms with Crippen molar-refractivity contribution in [1.29, 1.82) is 0 Å². The highest BCUT2D eigenvalue weighted by molar-refractivity contribution is 5.97. The van der Waals surface area contributed by atoms with Gasteiger partial charge in [0.15, 0.2) is 5.78 Å². The Morgan fingerprint density at radius 3 is 2.44 bits per heavy atom. The maximum Gasteiger partial charge on any atom is 0.416 e. The number of halogens is 3. The van der Waals surface area contributed by atoms with Crippen molar-refractivity contribution >= 4 is 11.7 Å². The van der Waals surface area contributed by atoms with Gasteiger partial charge in [0, 0.05) is 50.3 Å². The van der Waals surface area contributed by atoms with Crippen molar-refractivity contribution in [2.75, 3.05) is 13.1 Å². The first-order valence-corrected chi connectivity index (χ1v) is 11.8. The number of aromatic nitrogens is 1. The molecule has 0 radical (unpaired) electrons. The van der Waals surface area contributed by atoms with Crippen molar-refractivity contribution in [3.8, 4) is 5.75 Å². The molecule has 0 unspecified atom stereocenters. The third-order valence-electron chi connectivity index (χ3n) is 6.27. The number of benzene rings is 2. The van der Waals surface area contributed by atoms with Gasteiger partial charge >= 0.3 is 6.18 Å². The second kappa shape index (κ2) is 10.5. The lowest BCUT2D eigenvalue weighted by Crippen LogP contribution is -2.41. The standard InChI is InChI=1S/C28H27F3N2O3/c1-18-12-22(17-32-16-18)27(35)33-10-8-24(9-11-33)36-26-14-20(7-6-19(26)2)13-25(34)21-4-3-5-23(15-21)28(29,30)31/h3-7,12,14-17,24H,8-11,13H2,1-2H3. The van der Waals surface area contributed by atoms with E-state index in [9.17, 15) is 22.8 Å². The van der Waals surface area contributed by atoms with E-state index in [1.807, 2.05) is 26.0 Å². The summed E-state index contributed by atoms with van der Waals surface area (Å²) in [5, 5.41) is 0. The molecule has 0 N–H and O–H groups in total. The molecular weight excluding hydrogens is 469 g/mol. The Bertz CT molecular complexity index is 1260. The Hall–Kier alpha value is -3.68. The molecule has 188 valence electrons. The number of hydrogen-bond acceptors (Lipinski definition) is 4. The average molecular weight is 497 g/mol.